The van der Waals surface area contributed by atoms with Crippen molar-refractivity contribution in [1.82, 2.24) is 10.2 Å². The van der Waals surface area contributed by atoms with Gasteiger partial charge in [-0.2, -0.15) is 0 Å². The third-order valence-corrected chi connectivity index (χ3v) is 5.12. The average Bonchev–Trinajstić information content (AvgIpc) is 3.41. The number of fused-ring (bicyclic) bond motifs is 1. The van der Waals surface area contributed by atoms with Gasteiger partial charge in [0.15, 0.2) is 0 Å². The summed E-state index contributed by atoms with van der Waals surface area (Å²) < 4.78 is 0. The molecule has 0 unspecified atom stereocenters. The van der Waals surface area contributed by atoms with Gasteiger partial charge in [0, 0.05) is 13.0 Å². The number of amides is 3. The zero-order valence-electron chi connectivity index (χ0n) is 14.4. The lowest BCUT2D eigenvalue weighted by Crippen LogP contribution is -2.36. The number of carbonyl (C=O) groups excluding carboxylic acids is 3. The van der Waals surface area contributed by atoms with Gasteiger partial charge in [0.25, 0.3) is 11.8 Å². The van der Waals surface area contributed by atoms with Crippen molar-refractivity contribution in [2.24, 2.45) is 0 Å². The molecule has 2 aromatic carbocycles. The molecule has 1 N–H and O–H groups in total. The molecule has 5 nitrogen and oxygen atoms in total. The largest absolute Gasteiger partial charge is 0.347 e. The maximum atomic E-state index is 12.3. The second-order valence-corrected chi connectivity index (χ2v) is 6.91. The van der Waals surface area contributed by atoms with Crippen molar-refractivity contribution in [3.05, 3.63) is 71.3 Å². The molecule has 0 saturated heterocycles. The van der Waals surface area contributed by atoms with Gasteiger partial charge in [-0.05, 0) is 37.0 Å². The van der Waals surface area contributed by atoms with Crippen molar-refractivity contribution in [2.45, 2.75) is 31.2 Å². The molecule has 2 aliphatic rings. The molecule has 132 valence electrons. The Hall–Kier alpha value is -2.95. The van der Waals surface area contributed by atoms with Gasteiger partial charge in [-0.15, -0.1) is 0 Å². The van der Waals surface area contributed by atoms with E-state index in [0.717, 1.165) is 18.4 Å². The van der Waals surface area contributed by atoms with Crippen molar-refractivity contribution in [3.63, 3.8) is 0 Å². The number of rotatable bonds is 6. The minimum atomic E-state index is -0.269. The molecule has 4 rings (SSSR count). The molecule has 1 saturated carbocycles. The first-order chi connectivity index (χ1) is 12.6. The smallest absolute Gasteiger partial charge is 0.261 e. The highest BCUT2D eigenvalue weighted by Crippen LogP contribution is 2.45. The van der Waals surface area contributed by atoms with E-state index >= 15 is 0 Å². The van der Waals surface area contributed by atoms with Gasteiger partial charge in [0.1, 0.15) is 0 Å². The van der Waals surface area contributed by atoms with Gasteiger partial charge >= 0.3 is 0 Å². The van der Waals surface area contributed by atoms with E-state index in [0.29, 0.717) is 24.0 Å². The molecule has 0 radical (unpaired) electrons. The van der Waals surface area contributed by atoms with Crippen LogP contribution < -0.4 is 5.32 Å². The minimum absolute atomic E-state index is 0.0389. The monoisotopic (exact) mass is 348 g/mol. The molecular weight excluding hydrogens is 328 g/mol. The topological polar surface area (TPSA) is 66.5 Å². The standard InChI is InChI=1S/C21H20N2O3/c24-18(22-21(12-13-21)15-7-2-1-3-8-15)11-6-14-23-19(25)16-9-4-5-10-17(16)20(23)26/h1-5,7-10H,6,11-14H2,(H,22,24). The predicted octanol–water partition coefficient (Wildman–Crippen LogP) is 2.87. The number of imide groups is 1. The van der Waals surface area contributed by atoms with Crippen LogP contribution in [0.2, 0.25) is 0 Å². The third-order valence-electron chi connectivity index (χ3n) is 5.12. The van der Waals surface area contributed by atoms with Gasteiger partial charge in [-0.25, -0.2) is 0 Å². The summed E-state index contributed by atoms with van der Waals surface area (Å²) in [5.74, 6) is -0.578. The summed E-state index contributed by atoms with van der Waals surface area (Å²) in [6.45, 7) is 0.262. The van der Waals surface area contributed by atoms with Crippen molar-refractivity contribution >= 4 is 17.7 Å². The summed E-state index contributed by atoms with van der Waals surface area (Å²) >= 11 is 0. The van der Waals surface area contributed by atoms with E-state index in [2.05, 4.69) is 5.32 Å². The van der Waals surface area contributed by atoms with Crippen LogP contribution in [0, 0.1) is 0 Å². The summed E-state index contributed by atoms with van der Waals surface area (Å²) in [5.41, 5.74) is 1.80. The maximum absolute atomic E-state index is 12.3. The van der Waals surface area contributed by atoms with Crippen LogP contribution in [-0.4, -0.2) is 29.2 Å². The van der Waals surface area contributed by atoms with Gasteiger partial charge in [0.2, 0.25) is 5.91 Å². The van der Waals surface area contributed by atoms with Gasteiger partial charge in [0.05, 0.1) is 16.7 Å². The number of hydrogen-bond donors (Lipinski definition) is 1. The lowest BCUT2D eigenvalue weighted by atomic mass is 10.0. The molecule has 1 heterocycles. The molecule has 1 aliphatic heterocycles. The fourth-order valence-corrected chi connectivity index (χ4v) is 3.54. The summed E-state index contributed by atoms with van der Waals surface area (Å²) in [7, 11) is 0. The first kappa shape index (κ1) is 16.5. The Balaban J connectivity index is 1.31. The second-order valence-electron chi connectivity index (χ2n) is 6.91. The normalized spacial score (nSPS) is 17.2. The van der Waals surface area contributed by atoms with E-state index in [1.807, 2.05) is 30.3 Å². The highest BCUT2D eigenvalue weighted by Gasteiger charge is 2.45. The number of carbonyl (C=O) groups is 3. The molecule has 0 spiro atoms. The average molecular weight is 348 g/mol. The van der Waals surface area contributed by atoms with Crippen LogP contribution in [0.1, 0.15) is 52.0 Å². The summed E-state index contributed by atoms with van der Waals surface area (Å²) in [6, 6.07) is 16.8. The molecule has 1 fully saturated rings. The van der Waals surface area contributed by atoms with E-state index < -0.39 is 0 Å². The van der Waals surface area contributed by atoms with E-state index in [4.69, 9.17) is 0 Å². The molecule has 2 aromatic rings. The van der Waals surface area contributed by atoms with Gasteiger partial charge in [-0.1, -0.05) is 42.5 Å². The van der Waals surface area contributed by atoms with Crippen LogP contribution in [0.25, 0.3) is 0 Å². The van der Waals surface area contributed by atoms with E-state index in [9.17, 15) is 14.4 Å². The SMILES string of the molecule is O=C(CCCN1C(=O)c2ccccc2C1=O)NC1(c2ccccc2)CC1. The van der Waals surface area contributed by atoms with Crippen molar-refractivity contribution < 1.29 is 14.4 Å². The van der Waals surface area contributed by atoms with Gasteiger partial charge in [-0.3, -0.25) is 19.3 Å². The number of hydrogen-bond acceptors (Lipinski definition) is 3. The molecule has 0 bridgehead atoms. The van der Waals surface area contributed by atoms with Crippen LogP contribution in [0.4, 0.5) is 0 Å². The predicted molar refractivity (Wildman–Crippen MR) is 96.5 cm³/mol. The molecular formula is C21H20N2O3. The molecule has 26 heavy (non-hydrogen) atoms. The zero-order valence-corrected chi connectivity index (χ0v) is 14.4. The minimum Gasteiger partial charge on any atom is -0.347 e. The van der Waals surface area contributed by atoms with Crippen molar-refractivity contribution in [1.29, 1.82) is 0 Å². The van der Waals surface area contributed by atoms with Crippen LogP contribution >= 0.6 is 0 Å². The lowest BCUT2D eigenvalue weighted by molar-refractivity contribution is -0.122. The third kappa shape index (κ3) is 2.90. The molecule has 5 heteroatoms. The van der Waals surface area contributed by atoms with Crippen molar-refractivity contribution in [3.8, 4) is 0 Å². The number of nitrogens with zero attached hydrogens (tertiary/aromatic N) is 1. The highest BCUT2D eigenvalue weighted by atomic mass is 16.2. The Morgan fingerprint density at radius 3 is 2.08 bits per heavy atom. The van der Waals surface area contributed by atoms with Crippen LogP contribution in [0.15, 0.2) is 54.6 Å². The highest BCUT2D eigenvalue weighted by molar-refractivity contribution is 6.21. The summed E-state index contributed by atoms with van der Waals surface area (Å²) in [6.07, 6.45) is 2.65. The fraction of sp³-hybridized carbons (Fsp3) is 0.286. The van der Waals surface area contributed by atoms with E-state index in [1.165, 1.54) is 4.90 Å². The Morgan fingerprint density at radius 1 is 0.923 bits per heavy atom. The van der Waals surface area contributed by atoms with Crippen LogP contribution in [0.3, 0.4) is 0 Å². The number of nitrogens with one attached hydrogen (secondary N) is 1. The maximum Gasteiger partial charge on any atom is 0.261 e. The van der Waals surface area contributed by atoms with Crippen LogP contribution in [-0.2, 0) is 10.3 Å². The fourth-order valence-electron chi connectivity index (χ4n) is 3.54. The molecule has 1 aliphatic carbocycles. The lowest BCUT2D eigenvalue weighted by Gasteiger charge is -2.18. The molecule has 0 aromatic heterocycles. The first-order valence-corrected chi connectivity index (χ1v) is 8.92. The van der Waals surface area contributed by atoms with E-state index in [-0.39, 0.29) is 29.8 Å². The first-order valence-electron chi connectivity index (χ1n) is 8.92. The number of benzene rings is 2. The Kier molecular flexibility index (Phi) is 4.07. The van der Waals surface area contributed by atoms with E-state index in [1.54, 1.807) is 24.3 Å². The second kappa shape index (κ2) is 6.41. The summed E-state index contributed by atoms with van der Waals surface area (Å²) in [4.78, 5) is 38.2. The molecule has 3 amide bonds. The quantitative estimate of drug-likeness (QED) is 0.816. The summed E-state index contributed by atoms with van der Waals surface area (Å²) in [5, 5.41) is 3.12. The zero-order chi connectivity index (χ0) is 18.1. The molecule has 0 atom stereocenters. The Labute approximate surface area is 152 Å². The Bertz CT molecular complexity index is 837. The Morgan fingerprint density at radius 2 is 1.50 bits per heavy atom. The van der Waals surface area contributed by atoms with Gasteiger partial charge < -0.3 is 5.32 Å². The van der Waals surface area contributed by atoms with Crippen molar-refractivity contribution in [2.75, 3.05) is 6.54 Å². The van der Waals surface area contributed by atoms with Crippen LogP contribution in [0.5, 0.6) is 0 Å².